The van der Waals surface area contributed by atoms with Crippen molar-refractivity contribution in [3.63, 3.8) is 0 Å². The highest BCUT2D eigenvalue weighted by Crippen LogP contribution is 2.19. The minimum atomic E-state index is -0.204. The second kappa shape index (κ2) is 8.62. The third kappa shape index (κ3) is 4.49. The van der Waals surface area contributed by atoms with Crippen molar-refractivity contribution < 1.29 is 18.7 Å². The number of hydrogen-bond acceptors (Lipinski definition) is 5. The monoisotopic (exact) mass is 357 g/mol. The van der Waals surface area contributed by atoms with Crippen LogP contribution in [0.5, 0.6) is 0 Å². The van der Waals surface area contributed by atoms with Crippen LogP contribution < -0.4 is 5.32 Å². The third-order valence-corrected chi connectivity index (χ3v) is 4.45. The molecule has 0 spiro atoms. The summed E-state index contributed by atoms with van der Waals surface area (Å²) in [6.07, 6.45) is 2.52. The van der Waals surface area contributed by atoms with E-state index in [0.717, 1.165) is 5.56 Å². The number of piperidine rings is 1. The molecule has 1 saturated heterocycles. The SMILES string of the molecule is COCCN1C[C@@H](C(=O)NCc2coc(-c3ccccc3)n2)CCC1=O. The van der Waals surface area contributed by atoms with E-state index >= 15 is 0 Å². The third-order valence-electron chi connectivity index (χ3n) is 4.45. The van der Waals surface area contributed by atoms with E-state index in [0.29, 0.717) is 50.7 Å². The zero-order valence-electron chi connectivity index (χ0n) is 14.8. The molecule has 2 heterocycles. The van der Waals surface area contributed by atoms with Gasteiger partial charge in [0.1, 0.15) is 6.26 Å². The Bertz CT molecular complexity index is 744. The lowest BCUT2D eigenvalue weighted by molar-refractivity contribution is -0.138. The Labute approximate surface area is 152 Å². The van der Waals surface area contributed by atoms with Crippen molar-refractivity contribution in [2.24, 2.45) is 5.92 Å². The Morgan fingerprint density at radius 3 is 2.96 bits per heavy atom. The molecular weight excluding hydrogens is 334 g/mol. The van der Waals surface area contributed by atoms with Crippen molar-refractivity contribution in [1.29, 1.82) is 0 Å². The quantitative estimate of drug-likeness (QED) is 0.817. The molecule has 2 amide bonds. The number of carbonyl (C=O) groups excluding carboxylic acids is 2. The number of rotatable bonds is 7. The summed E-state index contributed by atoms with van der Waals surface area (Å²) in [7, 11) is 1.60. The van der Waals surface area contributed by atoms with Gasteiger partial charge in [-0.3, -0.25) is 9.59 Å². The predicted octanol–water partition coefficient (Wildman–Crippen LogP) is 1.84. The van der Waals surface area contributed by atoms with E-state index in [1.165, 1.54) is 0 Å². The molecular formula is C19H23N3O4. The molecule has 7 heteroatoms. The molecule has 3 rings (SSSR count). The van der Waals surface area contributed by atoms with E-state index in [2.05, 4.69) is 10.3 Å². The van der Waals surface area contributed by atoms with Crippen molar-refractivity contribution in [2.45, 2.75) is 19.4 Å². The number of carbonyl (C=O) groups is 2. The molecule has 1 aliphatic heterocycles. The van der Waals surface area contributed by atoms with Crippen LogP contribution in [0.1, 0.15) is 18.5 Å². The largest absolute Gasteiger partial charge is 0.444 e. The summed E-state index contributed by atoms with van der Waals surface area (Å²) in [6, 6.07) is 9.60. The first kappa shape index (κ1) is 18.1. The van der Waals surface area contributed by atoms with Crippen LogP contribution in [-0.4, -0.2) is 48.5 Å². The molecule has 0 unspecified atom stereocenters. The van der Waals surface area contributed by atoms with Gasteiger partial charge in [0.05, 0.1) is 24.8 Å². The summed E-state index contributed by atoms with van der Waals surface area (Å²) >= 11 is 0. The van der Waals surface area contributed by atoms with Crippen molar-refractivity contribution in [3.05, 3.63) is 42.3 Å². The normalized spacial score (nSPS) is 17.3. The molecule has 0 aliphatic carbocycles. The molecule has 0 radical (unpaired) electrons. The highest BCUT2D eigenvalue weighted by atomic mass is 16.5. The summed E-state index contributed by atoms with van der Waals surface area (Å²) in [5.74, 6) is 0.341. The maximum absolute atomic E-state index is 12.4. The van der Waals surface area contributed by atoms with Crippen LogP contribution in [0.2, 0.25) is 0 Å². The Kier molecular flexibility index (Phi) is 6.01. The molecule has 1 aromatic heterocycles. The van der Waals surface area contributed by atoms with Crippen LogP contribution in [0.4, 0.5) is 0 Å². The van der Waals surface area contributed by atoms with Crippen molar-refractivity contribution in [1.82, 2.24) is 15.2 Å². The summed E-state index contributed by atoms with van der Waals surface area (Å²) in [5, 5.41) is 2.89. The standard InChI is InChI=1S/C19H23N3O4/c1-25-10-9-22-12-15(7-8-17(22)23)18(24)20-11-16-13-26-19(21-16)14-5-3-2-4-6-14/h2-6,13,15H,7-12H2,1H3,(H,20,24)/t15-/m0/s1. The number of aromatic nitrogens is 1. The fourth-order valence-corrected chi connectivity index (χ4v) is 2.97. The number of methoxy groups -OCH3 is 1. The van der Waals surface area contributed by atoms with Gasteiger partial charge in [-0.1, -0.05) is 18.2 Å². The molecule has 138 valence electrons. The second-order valence-corrected chi connectivity index (χ2v) is 6.30. The average molecular weight is 357 g/mol. The van der Waals surface area contributed by atoms with Gasteiger partial charge in [0.2, 0.25) is 17.7 Å². The summed E-state index contributed by atoms with van der Waals surface area (Å²) < 4.78 is 10.5. The van der Waals surface area contributed by atoms with Gasteiger partial charge in [0.15, 0.2) is 0 Å². The number of nitrogens with zero attached hydrogens (tertiary/aromatic N) is 2. The first-order valence-corrected chi connectivity index (χ1v) is 8.71. The lowest BCUT2D eigenvalue weighted by atomic mass is 9.96. The highest BCUT2D eigenvalue weighted by molar-refractivity contribution is 5.83. The molecule has 7 nitrogen and oxygen atoms in total. The molecule has 1 fully saturated rings. The van der Waals surface area contributed by atoms with Gasteiger partial charge < -0.3 is 19.4 Å². The number of benzene rings is 1. The Morgan fingerprint density at radius 2 is 2.19 bits per heavy atom. The van der Waals surface area contributed by atoms with Gasteiger partial charge in [-0.2, -0.15) is 0 Å². The molecule has 1 N–H and O–H groups in total. The average Bonchev–Trinajstić information content (AvgIpc) is 3.15. The minimum absolute atomic E-state index is 0.0656. The highest BCUT2D eigenvalue weighted by Gasteiger charge is 2.29. The van der Waals surface area contributed by atoms with Gasteiger partial charge in [-0.15, -0.1) is 0 Å². The van der Waals surface area contributed by atoms with Gasteiger partial charge >= 0.3 is 0 Å². The van der Waals surface area contributed by atoms with Gasteiger partial charge in [0, 0.05) is 32.2 Å². The zero-order chi connectivity index (χ0) is 18.4. The predicted molar refractivity (Wildman–Crippen MR) is 95.0 cm³/mol. The first-order chi connectivity index (χ1) is 12.7. The summed E-state index contributed by atoms with van der Waals surface area (Å²) in [5.41, 5.74) is 1.56. The number of oxazole rings is 1. The van der Waals surface area contributed by atoms with Gasteiger partial charge in [0.25, 0.3) is 0 Å². The van der Waals surface area contributed by atoms with E-state index in [1.54, 1.807) is 18.3 Å². The fraction of sp³-hybridized carbons (Fsp3) is 0.421. The number of likely N-dealkylation sites (tertiary alicyclic amines) is 1. The van der Waals surface area contributed by atoms with E-state index < -0.39 is 0 Å². The van der Waals surface area contributed by atoms with Crippen molar-refractivity contribution in [2.75, 3.05) is 26.8 Å². The molecule has 26 heavy (non-hydrogen) atoms. The fourth-order valence-electron chi connectivity index (χ4n) is 2.97. The first-order valence-electron chi connectivity index (χ1n) is 8.71. The van der Waals surface area contributed by atoms with Crippen molar-refractivity contribution >= 4 is 11.8 Å². The van der Waals surface area contributed by atoms with E-state index in [4.69, 9.17) is 9.15 Å². The lowest BCUT2D eigenvalue weighted by Gasteiger charge is -2.31. The van der Waals surface area contributed by atoms with Crippen LogP contribution in [-0.2, 0) is 20.9 Å². The summed E-state index contributed by atoms with van der Waals surface area (Å²) in [6.45, 7) is 1.73. The maximum Gasteiger partial charge on any atom is 0.226 e. The molecule has 0 bridgehead atoms. The number of hydrogen-bond donors (Lipinski definition) is 1. The maximum atomic E-state index is 12.4. The van der Waals surface area contributed by atoms with Crippen LogP contribution >= 0.6 is 0 Å². The zero-order valence-corrected chi connectivity index (χ0v) is 14.8. The van der Waals surface area contributed by atoms with E-state index in [-0.39, 0.29) is 17.7 Å². The smallest absolute Gasteiger partial charge is 0.226 e. The van der Waals surface area contributed by atoms with Crippen LogP contribution in [0.3, 0.4) is 0 Å². The molecule has 1 atom stereocenters. The number of nitrogens with one attached hydrogen (secondary N) is 1. The Balaban J connectivity index is 1.52. The van der Waals surface area contributed by atoms with E-state index in [9.17, 15) is 9.59 Å². The molecule has 2 aromatic rings. The minimum Gasteiger partial charge on any atom is -0.444 e. The van der Waals surface area contributed by atoms with Gasteiger partial charge in [-0.05, 0) is 18.6 Å². The van der Waals surface area contributed by atoms with Crippen LogP contribution in [0.25, 0.3) is 11.5 Å². The Hall–Kier alpha value is -2.67. The number of amides is 2. The van der Waals surface area contributed by atoms with Crippen molar-refractivity contribution in [3.8, 4) is 11.5 Å². The lowest BCUT2D eigenvalue weighted by Crippen LogP contribution is -2.46. The molecule has 1 aromatic carbocycles. The molecule has 0 saturated carbocycles. The Morgan fingerprint density at radius 1 is 1.38 bits per heavy atom. The molecule has 1 aliphatic rings. The van der Waals surface area contributed by atoms with Crippen LogP contribution in [0.15, 0.2) is 41.0 Å². The second-order valence-electron chi connectivity index (χ2n) is 6.30. The number of ether oxygens (including phenoxy) is 1. The summed E-state index contributed by atoms with van der Waals surface area (Å²) in [4.78, 5) is 30.4. The van der Waals surface area contributed by atoms with Gasteiger partial charge in [-0.25, -0.2) is 4.98 Å². The van der Waals surface area contributed by atoms with Crippen LogP contribution in [0, 0.1) is 5.92 Å². The van der Waals surface area contributed by atoms with E-state index in [1.807, 2.05) is 30.3 Å². The topological polar surface area (TPSA) is 84.7 Å².